The van der Waals surface area contributed by atoms with Gasteiger partial charge in [0.25, 0.3) is 11.8 Å². The highest BCUT2D eigenvalue weighted by molar-refractivity contribution is 6.19. The summed E-state index contributed by atoms with van der Waals surface area (Å²) in [5, 5.41) is 12.2. The Bertz CT molecular complexity index is 316. The van der Waals surface area contributed by atoms with Gasteiger partial charge in [0.2, 0.25) is 0 Å². The van der Waals surface area contributed by atoms with E-state index in [1.807, 2.05) is 0 Å². The molecule has 0 spiro atoms. The van der Waals surface area contributed by atoms with E-state index in [1.165, 1.54) is 6.92 Å². The lowest BCUT2D eigenvalue weighted by atomic mass is 10.1. The monoisotopic (exact) mass is 182 g/mol. The molecule has 0 aliphatic carbocycles. The summed E-state index contributed by atoms with van der Waals surface area (Å²) in [5.74, 6) is -2.17. The van der Waals surface area contributed by atoms with Gasteiger partial charge in [0.05, 0.1) is 0 Å². The summed E-state index contributed by atoms with van der Waals surface area (Å²) in [7, 11) is 0. The topological polar surface area (TPSA) is 86.3 Å². The van der Waals surface area contributed by atoms with Crippen molar-refractivity contribution in [2.75, 3.05) is 0 Å². The van der Waals surface area contributed by atoms with E-state index in [1.54, 1.807) is 0 Å². The van der Waals surface area contributed by atoms with Crippen molar-refractivity contribution in [1.82, 2.24) is 5.32 Å². The van der Waals surface area contributed by atoms with Crippen molar-refractivity contribution in [2.24, 2.45) is 0 Å². The molecule has 0 saturated carbocycles. The first-order valence-corrected chi connectivity index (χ1v) is 3.77. The number of imide groups is 1. The van der Waals surface area contributed by atoms with E-state index in [-0.39, 0.29) is 18.4 Å². The highest BCUT2D eigenvalue weighted by Gasteiger charge is 2.25. The normalized spacial score (nSPS) is 16.4. The second-order valence-electron chi connectivity index (χ2n) is 2.76. The molecule has 0 aromatic rings. The van der Waals surface area contributed by atoms with E-state index in [9.17, 15) is 19.5 Å². The maximum Gasteiger partial charge on any atom is 0.254 e. The van der Waals surface area contributed by atoms with Gasteiger partial charge in [0.1, 0.15) is 0 Å². The second kappa shape index (κ2) is 3.38. The molecule has 1 rings (SSSR count). The predicted octanol–water partition coefficient (Wildman–Crippen LogP) is -1.51. The Balaban J connectivity index is 2.72. The van der Waals surface area contributed by atoms with Crippen molar-refractivity contribution in [1.29, 1.82) is 0 Å². The van der Waals surface area contributed by atoms with Crippen LogP contribution in [0.15, 0.2) is 11.1 Å². The molecule has 0 bridgehead atoms. The Morgan fingerprint density at radius 1 is 1.38 bits per heavy atom. The summed E-state index contributed by atoms with van der Waals surface area (Å²) in [6.07, 6.45) is -0.195. The first kappa shape index (κ1) is 9.44. The number of carboxylic acids is 1. The number of aliphatic carboxylic acids is 1. The molecule has 0 aromatic heterocycles. The molecule has 0 atom stereocenters. The van der Waals surface area contributed by atoms with Crippen LogP contribution in [0.1, 0.15) is 19.8 Å². The molecule has 70 valence electrons. The smallest absolute Gasteiger partial charge is 0.254 e. The van der Waals surface area contributed by atoms with Crippen molar-refractivity contribution in [3.05, 3.63) is 11.1 Å². The fraction of sp³-hybridized carbons (Fsp3) is 0.375. The maximum absolute atomic E-state index is 11.0. The number of amides is 2. The van der Waals surface area contributed by atoms with Gasteiger partial charge in [0, 0.05) is 17.1 Å². The molecule has 0 fully saturated rings. The van der Waals surface area contributed by atoms with Gasteiger partial charge in [-0.1, -0.05) is 0 Å². The minimum absolute atomic E-state index is 0.0474. The summed E-state index contributed by atoms with van der Waals surface area (Å²) < 4.78 is 0. The standard InChI is InChI=1S/C8H9NO4/c1-4-5(2-3-6(10)11)8(13)9-7(4)12/h2-3H2,1H3,(H,10,11)(H,9,12,13)/p-1. The fourth-order valence-corrected chi connectivity index (χ4v) is 1.11. The van der Waals surface area contributed by atoms with Crippen LogP contribution >= 0.6 is 0 Å². The molecule has 13 heavy (non-hydrogen) atoms. The third kappa shape index (κ3) is 1.93. The van der Waals surface area contributed by atoms with E-state index in [4.69, 9.17) is 0 Å². The summed E-state index contributed by atoms with van der Waals surface area (Å²) in [4.78, 5) is 32.0. The Kier molecular flexibility index (Phi) is 2.46. The van der Waals surface area contributed by atoms with Crippen molar-refractivity contribution >= 4 is 17.8 Å². The molecule has 1 aliphatic rings. The Labute approximate surface area is 74.4 Å². The zero-order valence-electron chi connectivity index (χ0n) is 7.05. The lowest BCUT2D eigenvalue weighted by Gasteiger charge is -2.01. The molecule has 5 heteroatoms. The van der Waals surface area contributed by atoms with E-state index < -0.39 is 17.8 Å². The van der Waals surface area contributed by atoms with Gasteiger partial charge in [-0.2, -0.15) is 0 Å². The Morgan fingerprint density at radius 2 is 2.00 bits per heavy atom. The van der Waals surface area contributed by atoms with Crippen molar-refractivity contribution < 1.29 is 19.5 Å². The summed E-state index contributed by atoms with van der Waals surface area (Å²) in [6.45, 7) is 1.49. The number of carbonyl (C=O) groups excluding carboxylic acids is 3. The lowest BCUT2D eigenvalue weighted by molar-refractivity contribution is -0.305. The Hall–Kier alpha value is -1.65. The lowest BCUT2D eigenvalue weighted by Crippen LogP contribution is -2.24. The van der Waals surface area contributed by atoms with Crippen LogP contribution in [0.3, 0.4) is 0 Å². The first-order valence-electron chi connectivity index (χ1n) is 3.77. The number of nitrogens with one attached hydrogen (secondary N) is 1. The summed E-state index contributed by atoms with van der Waals surface area (Å²) >= 11 is 0. The number of hydrogen-bond acceptors (Lipinski definition) is 4. The molecule has 1 N–H and O–H groups in total. The second-order valence-corrected chi connectivity index (χ2v) is 2.76. The first-order chi connectivity index (χ1) is 6.02. The highest BCUT2D eigenvalue weighted by atomic mass is 16.4. The molecule has 0 unspecified atom stereocenters. The van der Waals surface area contributed by atoms with Crippen LogP contribution in [-0.4, -0.2) is 17.8 Å². The van der Waals surface area contributed by atoms with Crippen LogP contribution in [0.4, 0.5) is 0 Å². The zero-order chi connectivity index (χ0) is 10.0. The average molecular weight is 182 g/mol. The minimum atomic E-state index is -1.23. The van der Waals surface area contributed by atoms with Crippen LogP contribution in [-0.2, 0) is 14.4 Å². The van der Waals surface area contributed by atoms with Gasteiger partial charge in [0.15, 0.2) is 0 Å². The van der Waals surface area contributed by atoms with E-state index in [0.717, 1.165) is 0 Å². The van der Waals surface area contributed by atoms with Crippen LogP contribution in [0.5, 0.6) is 0 Å². The third-order valence-corrected chi connectivity index (χ3v) is 1.87. The van der Waals surface area contributed by atoms with Gasteiger partial charge in [-0.3, -0.25) is 14.9 Å². The highest BCUT2D eigenvalue weighted by Crippen LogP contribution is 2.16. The molecule has 0 saturated heterocycles. The molecule has 0 radical (unpaired) electrons. The van der Waals surface area contributed by atoms with Crippen LogP contribution in [0.2, 0.25) is 0 Å². The summed E-state index contributed by atoms with van der Waals surface area (Å²) in [5.41, 5.74) is 0.542. The SMILES string of the molecule is CC1=C(CCC(=O)[O-])C(=O)NC1=O. The molecule has 2 amide bonds. The van der Waals surface area contributed by atoms with Gasteiger partial charge in [-0.05, 0) is 19.8 Å². The van der Waals surface area contributed by atoms with Crippen LogP contribution in [0.25, 0.3) is 0 Å². The summed E-state index contributed by atoms with van der Waals surface area (Å²) in [6, 6.07) is 0. The maximum atomic E-state index is 11.0. The van der Waals surface area contributed by atoms with E-state index >= 15 is 0 Å². The minimum Gasteiger partial charge on any atom is -0.550 e. The predicted molar refractivity (Wildman–Crippen MR) is 40.1 cm³/mol. The molecule has 1 aliphatic heterocycles. The molecule has 5 nitrogen and oxygen atoms in total. The number of hydrogen-bond donors (Lipinski definition) is 1. The van der Waals surface area contributed by atoms with Crippen molar-refractivity contribution in [3.8, 4) is 0 Å². The molecular weight excluding hydrogens is 174 g/mol. The van der Waals surface area contributed by atoms with Crippen molar-refractivity contribution in [2.45, 2.75) is 19.8 Å². The largest absolute Gasteiger partial charge is 0.550 e. The van der Waals surface area contributed by atoms with Gasteiger partial charge < -0.3 is 9.90 Å². The van der Waals surface area contributed by atoms with Crippen LogP contribution < -0.4 is 10.4 Å². The molecular formula is C8H8NO4-. The van der Waals surface area contributed by atoms with Gasteiger partial charge >= 0.3 is 0 Å². The van der Waals surface area contributed by atoms with Crippen LogP contribution in [0, 0.1) is 0 Å². The zero-order valence-corrected chi connectivity index (χ0v) is 7.05. The number of carbonyl (C=O) groups is 3. The van der Waals surface area contributed by atoms with E-state index in [2.05, 4.69) is 5.32 Å². The van der Waals surface area contributed by atoms with Crippen molar-refractivity contribution in [3.63, 3.8) is 0 Å². The number of carboxylic acid groups (broad SMARTS) is 1. The molecule has 1 heterocycles. The Morgan fingerprint density at radius 3 is 2.38 bits per heavy atom. The quantitative estimate of drug-likeness (QED) is 0.537. The van der Waals surface area contributed by atoms with Gasteiger partial charge in [-0.25, -0.2) is 0 Å². The van der Waals surface area contributed by atoms with E-state index in [0.29, 0.717) is 5.57 Å². The number of rotatable bonds is 3. The van der Waals surface area contributed by atoms with Gasteiger partial charge in [-0.15, -0.1) is 0 Å². The average Bonchev–Trinajstić information content (AvgIpc) is 2.24. The molecule has 0 aromatic carbocycles. The third-order valence-electron chi connectivity index (χ3n) is 1.87. The fourth-order valence-electron chi connectivity index (χ4n) is 1.11.